The van der Waals surface area contributed by atoms with Crippen molar-refractivity contribution in [1.82, 2.24) is 9.62 Å². The van der Waals surface area contributed by atoms with Crippen molar-refractivity contribution in [1.29, 1.82) is 0 Å². The maximum Gasteiger partial charge on any atom is 0.246 e. The van der Waals surface area contributed by atoms with Crippen molar-refractivity contribution in [2.75, 3.05) is 33.9 Å². The third-order valence-corrected chi connectivity index (χ3v) is 6.31. The Morgan fingerprint density at radius 3 is 2.65 bits per heavy atom. The average molecular weight is 384 g/mol. The minimum atomic E-state index is -3.79. The molecule has 1 saturated heterocycles. The number of nitrogens with zero attached hydrogens (tertiary/aromatic N) is 1. The average Bonchev–Trinajstić information content (AvgIpc) is 2.65. The molecule has 2 rings (SSSR count). The predicted octanol–water partition coefficient (Wildman–Crippen LogP) is 1.88. The summed E-state index contributed by atoms with van der Waals surface area (Å²) in [4.78, 5) is 12.4. The van der Waals surface area contributed by atoms with Gasteiger partial charge in [0, 0.05) is 25.7 Å². The van der Waals surface area contributed by atoms with E-state index in [0.29, 0.717) is 37.6 Å². The summed E-state index contributed by atoms with van der Waals surface area (Å²) in [6, 6.07) is 4.68. The van der Waals surface area contributed by atoms with Crippen LogP contribution in [0.2, 0.25) is 0 Å². The Morgan fingerprint density at radius 2 is 2.04 bits per heavy atom. The van der Waals surface area contributed by atoms with Gasteiger partial charge >= 0.3 is 0 Å². The first kappa shape index (κ1) is 20.5. The smallest absolute Gasteiger partial charge is 0.246 e. The first-order chi connectivity index (χ1) is 12.3. The molecule has 1 aliphatic rings. The van der Waals surface area contributed by atoms with Gasteiger partial charge in [-0.25, -0.2) is 8.42 Å². The predicted molar refractivity (Wildman–Crippen MR) is 98.9 cm³/mol. The molecule has 26 heavy (non-hydrogen) atoms. The van der Waals surface area contributed by atoms with Crippen LogP contribution in [-0.4, -0.2) is 52.5 Å². The summed E-state index contributed by atoms with van der Waals surface area (Å²) < 4.78 is 38.0. The first-order valence-corrected chi connectivity index (χ1v) is 10.2. The normalized spacial score (nSPS) is 18.6. The van der Waals surface area contributed by atoms with Crippen molar-refractivity contribution in [3.8, 4) is 11.5 Å². The number of benzene rings is 1. The van der Waals surface area contributed by atoms with Crippen LogP contribution in [0.25, 0.3) is 0 Å². The van der Waals surface area contributed by atoms with Gasteiger partial charge in [0.15, 0.2) is 0 Å². The fourth-order valence-corrected chi connectivity index (χ4v) is 4.64. The second kappa shape index (κ2) is 8.73. The molecule has 0 saturated carbocycles. The molecular formula is C18H28N2O5S. The molecule has 1 aromatic carbocycles. The molecule has 1 heterocycles. The van der Waals surface area contributed by atoms with Crippen LogP contribution in [0.4, 0.5) is 0 Å². The van der Waals surface area contributed by atoms with Gasteiger partial charge in [-0.2, -0.15) is 4.31 Å². The summed E-state index contributed by atoms with van der Waals surface area (Å²) in [6.07, 6.45) is 1.33. The summed E-state index contributed by atoms with van der Waals surface area (Å²) >= 11 is 0. The number of carbonyl (C=O) groups excluding carboxylic acids is 1. The molecule has 0 aromatic heterocycles. The van der Waals surface area contributed by atoms with E-state index in [-0.39, 0.29) is 29.0 Å². The third-order valence-electron chi connectivity index (χ3n) is 4.43. The highest BCUT2D eigenvalue weighted by molar-refractivity contribution is 7.89. The molecule has 1 aromatic rings. The molecule has 1 amide bonds. The second-order valence-corrected chi connectivity index (χ2v) is 8.76. The monoisotopic (exact) mass is 384 g/mol. The van der Waals surface area contributed by atoms with Crippen LogP contribution >= 0.6 is 0 Å². The van der Waals surface area contributed by atoms with E-state index in [1.807, 2.05) is 13.8 Å². The molecule has 0 radical (unpaired) electrons. The van der Waals surface area contributed by atoms with E-state index in [9.17, 15) is 13.2 Å². The Balaban J connectivity index is 2.22. The highest BCUT2D eigenvalue weighted by Gasteiger charge is 2.35. The Morgan fingerprint density at radius 1 is 1.31 bits per heavy atom. The van der Waals surface area contributed by atoms with Gasteiger partial charge in [0.1, 0.15) is 16.4 Å². The fourth-order valence-electron chi connectivity index (χ4n) is 2.95. The van der Waals surface area contributed by atoms with Gasteiger partial charge in [-0.3, -0.25) is 4.79 Å². The molecule has 146 valence electrons. The lowest BCUT2D eigenvalue weighted by Gasteiger charge is -2.31. The Kier molecular flexibility index (Phi) is 6.88. The van der Waals surface area contributed by atoms with Crippen LogP contribution in [0.15, 0.2) is 23.1 Å². The number of hydrogen-bond donors (Lipinski definition) is 1. The van der Waals surface area contributed by atoms with Gasteiger partial charge in [-0.05, 0) is 30.9 Å². The van der Waals surface area contributed by atoms with E-state index < -0.39 is 10.0 Å². The SMILES string of the molecule is COc1ccc(OC)c(S(=O)(=O)N2CCCC(C(=O)NCC(C)C)C2)c1. The zero-order chi connectivity index (χ0) is 19.3. The number of ether oxygens (including phenoxy) is 2. The van der Waals surface area contributed by atoms with E-state index in [1.165, 1.54) is 24.6 Å². The number of rotatable bonds is 7. The zero-order valence-electron chi connectivity index (χ0n) is 15.8. The largest absolute Gasteiger partial charge is 0.497 e. The molecule has 1 aliphatic heterocycles. The lowest BCUT2D eigenvalue weighted by Crippen LogP contribution is -2.46. The van der Waals surface area contributed by atoms with E-state index in [1.54, 1.807) is 12.1 Å². The summed E-state index contributed by atoms with van der Waals surface area (Å²) in [7, 11) is -0.877. The number of methoxy groups -OCH3 is 2. The Hall–Kier alpha value is -1.80. The molecule has 0 spiro atoms. The number of sulfonamides is 1. The van der Waals surface area contributed by atoms with Crippen LogP contribution in [0.1, 0.15) is 26.7 Å². The molecule has 7 nitrogen and oxygen atoms in total. The van der Waals surface area contributed by atoms with Crippen LogP contribution in [0.3, 0.4) is 0 Å². The number of hydrogen-bond acceptors (Lipinski definition) is 5. The van der Waals surface area contributed by atoms with Gasteiger partial charge in [0.05, 0.1) is 20.1 Å². The minimum absolute atomic E-state index is 0.0580. The fraction of sp³-hybridized carbons (Fsp3) is 0.611. The molecule has 1 atom stereocenters. The minimum Gasteiger partial charge on any atom is -0.497 e. The highest BCUT2D eigenvalue weighted by atomic mass is 32.2. The van der Waals surface area contributed by atoms with Gasteiger partial charge in [0.25, 0.3) is 0 Å². The number of piperidine rings is 1. The van der Waals surface area contributed by atoms with Crippen molar-refractivity contribution >= 4 is 15.9 Å². The van der Waals surface area contributed by atoms with E-state index >= 15 is 0 Å². The van der Waals surface area contributed by atoms with E-state index in [0.717, 1.165) is 0 Å². The number of amides is 1. The molecule has 0 bridgehead atoms. The van der Waals surface area contributed by atoms with Crippen molar-refractivity contribution < 1.29 is 22.7 Å². The highest BCUT2D eigenvalue weighted by Crippen LogP contribution is 2.32. The van der Waals surface area contributed by atoms with Crippen LogP contribution in [-0.2, 0) is 14.8 Å². The van der Waals surface area contributed by atoms with Gasteiger partial charge in [0.2, 0.25) is 15.9 Å². The van der Waals surface area contributed by atoms with E-state index in [2.05, 4.69) is 5.32 Å². The summed E-state index contributed by atoms with van der Waals surface area (Å²) in [6.45, 7) is 5.19. The van der Waals surface area contributed by atoms with Crippen molar-refractivity contribution in [2.24, 2.45) is 11.8 Å². The maximum absolute atomic E-state index is 13.1. The Labute approximate surface area is 155 Å². The van der Waals surface area contributed by atoms with Gasteiger partial charge in [-0.15, -0.1) is 0 Å². The summed E-state index contributed by atoms with van der Waals surface area (Å²) in [5, 5.41) is 2.90. The summed E-state index contributed by atoms with van der Waals surface area (Å²) in [5.74, 6) is 0.623. The molecule has 0 aliphatic carbocycles. The molecular weight excluding hydrogens is 356 g/mol. The lowest BCUT2D eigenvalue weighted by molar-refractivity contribution is -0.126. The van der Waals surface area contributed by atoms with Crippen LogP contribution in [0, 0.1) is 11.8 Å². The van der Waals surface area contributed by atoms with Crippen LogP contribution < -0.4 is 14.8 Å². The molecule has 1 unspecified atom stereocenters. The standard InChI is InChI=1S/C18H28N2O5S/c1-13(2)11-19-18(21)14-6-5-9-20(12-14)26(22,23)17-10-15(24-3)7-8-16(17)25-4/h7-8,10,13-14H,5-6,9,11-12H2,1-4H3,(H,19,21). The van der Waals surface area contributed by atoms with E-state index in [4.69, 9.17) is 9.47 Å². The number of carbonyl (C=O) groups is 1. The maximum atomic E-state index is 13.1. The molecule has 1 fully saturated rings. The van der Waals surface area contributed by atoms with Crippen molar-refractivity contribution in [2.45, 2.75) is 31.6 Å². The topological polar surface area (TPSA) is 84.9 Å². The number of nitrogens with one attached hydrogen (secondary N) is 1. The van der Waals surface area contributed by atoms with Gasteiger partial charge < -0.3 is 14.8 Å². The summed E-state index contributed by atoms with van der Waals surface area (Å²) in [5.41, 5.74) is 0. The zero-order valence-corrected chi connectivity index (χ0v) is 16.6. The molecule has 1 N–H and O–H groups in total. The van der Waals surface area contributed by atoms with Crippen LogP contribution in [0.5, 0.6) is 11.5 Å². The lowest BCUT2D eigenvalue weighted by atomic mass is 9.98. The van der Waals surface area contributed by atoms with Crippen molar-refractivity contribution in [3.05, 3.63) is 18.2 Å². The van der Waals surface area contributed by atoms with Gasteiger partial charge in [-0.1, -0.05) is 13.8 Å². The Bertz CT molecular complexity index is 733. The third kappa shape index (κ3) is 4.67. The quantitative estimate of drug-likeness (QED) is 0.776. The second-order valence-electron chi connectivity index (χ2n) is 6.86. The van der Waals surface area contributed by atoms with Crippen molar-refractivity contribution in [3.63, 3.8) is 0 Å². The first-order valence-electron chi connectivity index (χ1n) is 8.79. The molecule has 8 heteroatoms.